The SMILES string of the molecule is CCOC(C1CCCCC1)C(NN)c1c(Br)cnn1C. The lowest BCUT2D eigenvalue weighted by Gasteiger charge is -2.35. The Balaban J connectivity index is 2.24. The van der Waals surface area contributed by atoms with Crippen molar-refractivity contribution >= 4 is 15.9 Å². The molecule has 20 heavy (non-hydrogen) atoms. The van der Waals surface area contributed by atoms with Crippen LogP contribution in [0.1, 0.15) is 50.8 Å². The molecule has 0 radical (unpaired) electrons. The van der Waals surface area contributed by atoms with Gasteiger partial charge < -0.3 is 4.74 Å². The molecule has 1 aromatic heterocycles. The summed E-state index contributed by atoms with van der Waals surface area (Å²) in [5.41, 5.74) is 4.00. The van der Waals surface area contributed by atoms with Crippen LogP contribution in [0.25, 0.3) is 0 Å². The molecule has 0 saturated heterocycles. The minimum Gasteiger partial charge on any atom is -0.376 e. The van der Waals surface area contributed by atoms with Gasteiger partial charge in [0.15, 0.2) is 0 Å². The third kappa shape index (κ3) is 3.42. The molecule has 5 nitrogen and oxygen atoms in total. The molecule has 0 amide bonds. The molecular formula is C14H25BrN4O. The van der Waals surface area contributed by atoms with Gasteiger partial charge in [0, 0.05) is 13.7 Å². The van der Waals surface area contributed by atoms with E-state index in [1.807, 2.05) is 24.9 Å². The van der Waals surface area contributed by atoms with Crippen LogP contribution in [0.3, 0.4) is 0 Å². The third-order valence-electron chi connectivity index (χ3n) is 4.21. The highest BCUT2D eigenvalue weighted by molar-refractivity contribution is 9.10. The number of hydrazine groups is 1. The molecule has 2 rings (SSSR count). The van der Waals surface area contributed by atoms with Crippen molar-refractivity contribution in [3.63, 3.8) is 0 Å². The van der Waals surface area contributed by atoms with Gasteiger partial charge >= 0.3 is 0 Å². The van der Waals surface area contributed by atoms with Crippen molar-refractivity contribution in [3.05, 3.63) is 16.4 Å². The molecule has 0 bridgehead atoms. The lowest BCUT2D eigenvalue weighted by atomic mass is 9.82. The number of aryl methyl sites for hydroxylation is 1. The van der Waals surface area contributed by atoms with Crippen LogP contribution in [0.15, 0.2) is 10.7 Å². The van der Waals surface area contributed by atoms with E-state index in [9.17, 15) is 0 Å². The maximum atomic E-state index is 6.06. The first kappa shape index (κ1) is 15.9. The summed E-state index contributed by atoms with van der Waals surface area (Å²) in [4.78, 5) is 0. The van der Waals surface area contributed by atoms with Crippen LogP contribution in [0.2, 0.25) is 0 Å². The minimum atomic E-state index is -0.0417. The van der Waals surface area contributed by atoms with E-state index in [-0.39, 0.29) is 12.1 Å². The molecule has 1 saturated carbocycles. The second-order valence-corrected chi connectivity index (χ2v) is 6.32. The zero-order valence-electron chi connectivity index (χ0n) is 12.3. The van der Waals surface area contributed by atoms with Crippen LogP contribution in [0.4, 0.5) is 0 Å². The predicted octanol–water partition coefficient (Wildman–Crippen LogP) is 2.67. The first-order valence-corrected chi connectivity index (χ1v) is 8.23. The largest absolute Gasteiger partial charge is 0.376 e. The lowest BCUT2D eigenvalue weighted by Crippen LogP contribution is -2.43. The standard InChI is InChI=1S/C14H25BrN4O/c1-3-20-14(10-7-5-4-6-8-10)12(18-16)13-11(15)9-17-19(13)2/h9-10,12,14,18H,3-8,16H2,1-2H3. The number of halogens is 1. The van der Waals surface area contributed by atoms with Gasteiger partial charge in [0.25, 0.3) is 0 Å². The van der Waals surface area contributed by atoms with Gasteiger partial charge in [-0.2, -0.15) is 5.10 Å². The smallest absolute Gasteiger partial charge is 0.0904 e. The summed E-state index contributed by atoms with van der Waals surface area (Å²) in [5.74, 6) is 6.41. The first-order valence-electron chi connectivity index (χ1n) is 7.44. The van der Waals surface area contributed by atoms with Crippen molar-refractivity contribution in [2.75, 3.05) is 6.61 Å². The normalized spacial score (nSPS) is 20.0. The van der Waals surface area contributed by atoms with E-state index in [0.29, 0.717) is 12.5 Å². The van der Waals surface area contributed by atoms with Crippen molar-refractivity contribution in [3.8, 4) is 0 Å². The Bertz CT molecular complexity index is 398. The highest BCUT2D eigenvalue weighted by Gasteiger charge is 2.34. The summed E-state index contributed by atoms with van der Waals surface area (Å²) in [6, 6.07) is -0.0417. The van der Waals surface area contributed by atoms with E-state index in [0.717, 1.165) is 10.2 Å². The number of nitrogens with zero attached hydrogens (tertiary/aromatic N) is 2. The number of hydrogen-bond donors (Lipinski definition) is 2. The number of hydrogen-bond acceptors (Lipinski definition) is 4. The maximum absolute atomic E-state index is 6.06. The molecule has 1 fully saturated rings. The molecule has 3 N–H and O–H groups in total. The fraction of sp³-hybridized carbons (Fsp3) is 0.786. The Kier molecular flexibility index (Phi) is 6.01. The number of nitrogens with one attached hydrogen (secondary N) is 1. The molecule has 2 unspecified atom stereocenters. The van der Waals surface area contributed by atoms with E-state index in [1.54, 1.807) is 0 Å². The van der Waals surface area contributed by atoms with E-state index < -0.39 is 0 Å². The molecule has 6 heteroatoms. The van der Waals surface area contributed by atoms with Crippen molar-refractivity contribution in [1.82, 2.24) is 15.2 Å². The fourth-order valence-corrected chi connectivity index (χ4v) is 3.85. The van der Waals surface area contributed by atoms with E-state index in [2.05, 4.69) is 26.5 Å². The van der Waals surface area contributed by atoms with Gasteiger partial charge in [0.2, 0.25) is 0 Å². The molecule has 1 aliphatic carbocycles. The average molecular weight is 345 g/mol. The monoisotopic (exact) mass is 344 g/mol. The van der Waals surface area contributed by atoms with Gasteiger partial charge in [-0.3, -0.25) is 10.5 Å². The molecule has 0 spiro atoms. The van der Waals surface area contributed by atoms with E-state index >= 15 is 0 Å². The Morgan fingerprint density at radius 3 is 2.70 bits per heavy atom. The van der Waals surface area contributed by atoms with Crippen molar-refractivity contribution in [1.29, 1.82) is 0 Å². The summed E-state index contributed by atoms with van der Waals surface area (Å²) in [7, 11) is 1.94. The van der Waals surface area contributed by atoms with Crippen LogP contribution in [0, 0.1) is 5.92 Å². The maximum Gasteiger partial charge on any atom is 0.0904 e. The summed E-state index contributed by atoms with van der Waals surface area (Å²) in [6.07, 6.45) is 8.26. The van der Waals surface area contributed by atoms with Crippen LogP contribution in [0.5, 0.6) is 0 Å². The van der Waals surface area contributed by atoms with Crippen molar-refractivity contribution < 1.29 is 4.74 Å². The lowest BCUT2D eigenvalue weighted by molar-refractivity contribution is -0.0202. The van der Waals surface area contributed by atoms with Crippen molar-refractivity contribution in [2.45, 2.75) is 51.2 Å². The Hall–Kier alpha value is -0.430. The fourth-order valence-electron chi connectivity index (χ4n) is 3.26. The summed E-state index contributed by atoms with van der Waals surface area (Å²) in [5, 5.41) is 4.29. The molecular weight excluding hydrogens is 320 g/mol. The van der Waals surface area contributed by atoms with Crippen molar-refractivity contribution in [2.24, 2.45) is 18.8 Å². The zero-order chi connectivity index (χ0) is 14.5. The second-order valence-electron chi connectivity index (χ2n) is 5.46. The average Bonchev–Trinajstić information content (AvgIpc) is 2.80. The van der Waals surface area contributed by atoms with Gasteiger partial charge in [-0.05, 0) is 41.6 Å². The van der Waals surface area contributed by atoms with Crippen LogP contribution < -0.4 is 11.3 Å². The highest BCUT2D eigenvalue weighted by atomic mass is 79.9. The highest BCUT2D eigenvalue weighted by Crippen LogP contribution is 2.35. The quantitative estimate of drug-likeness (QED) is 0.615. The molecule has 2 atom stereocenters. The van der Waals surface area contributed by atoms with Gasteiger partial charge in [-0.15, -0.1) is 0 Å². The predicted molar refractivity (Wildman–Crippen MR) is 83.0 cm³/mol. The molecule has 1 heterocycles. The Labute approximate surface area is 129 Å². The zero-order valence-corrected chi connectivity index (χ0v) is 13.9. The first-order chi connectivity index (χ1) is 9.69. The minimum absolute atomic E-state index is 0.0417. The van der Waals surface area contributed by atoms with Gasteiger partial charge in [0.1, 0.15) is 0 Å². The summed E-state index contributed by atoms with van der Waals surface area (Å²) < 4.78 is 8.90. The number of aromatic nitrogens is 2. The summed E-state index contributed by atoms with van der Waals surface area (Å²) >= 11 is 3.57. The number of nitrogens with two attached hydrogens (primary N) is 1. The van der Waals surface area contributed by atoms with Crippen LogP contribution >= 0.6 is 15.9 Å². The van der Waals surface area contributed by atoms with Crippen LogP contribution in [-0.4, -0.2) is 22.5 Å². The molecule has 1 aliphatic rings. The Morgan fingerprint density at radius 2 is 2.20 bits per heavy atom. The third-order valence-corrected chi connectivity index (χ3v) is 4.82. The topological polar surface area (TPSA) is 65.1 Å². The summed E-state index contributed by atoms with van der Waals surface area (Å²) in [6.45, 7) is 2.75. The van der Waals surface area contributed by atoms with E-state index in [1.165, 1.54) is 32.1 Å². The van der Waals surface area contributed by atoms with Gasteiger partial charge in [-0.1, -0.05) is 19.3 Å². The van der Waals surface area contributed by atoms with E-state index in [4.69, 9.17) is 10.6 Å². The number of rotatable bonds is 6. The van der Waals surface area contributed by atoms with Crippen LogP contribution in [-0.2, 0) is 11.8 Å². The number of ether oxygens (including phenoxy) is 1. The molecule has 1 aromatic rings. The molecule has 0 aliphatic heterocycles. The Morgan fingerprint density at radius 1 is 1.50 bits per heavy atom. The van der Waals surface area contributed by atoms with Gasteiger partial charge in [-0.25, -0.2) is 5.43 Å². The van der Waals surface area contributed by atoms with Gasteiger partial charge in [0.05, 0.1) is 28.5 Å². The molecule has 0 aromatic carbocycles. The molecule has 114 valence electrons. The second kappa shape index (κ2) is 7.54.